The molecule has 0 amide bonds. The van der Waals surface area contributed by atoms with Gasteiger partial charge in [0.05, 0.1) is 11.4 Å². The quantitative estimate of drug-likeness (QED) is 0.0664. The first-order chi connectivity index (χ1) is 37.8. The van der Waals surface area contributed by atoms with E-state index in [1.807, 2.05) is 72.8 Å². The molecule has 0 spiro atoms. The minimum Gasteiger partial charge on any atom is -0.859 e. The van der Waals surface area contributed by atoms with Crippen molar-refractivity contribution in [2.75, 3.05) is 80.0 Å². The number of fused-ring (bicyclic) bond motifs is 2. The van der Waals surface area contributed by atoms with E-state index >= 15 is 0 Å². The summed E-state index contributed by atoms with van der Waals surface area (Å²) in [5, 5.41) is 34.8. The number of para-hydroxylation sites is 4. The molecular weight excluding hydrogens is 1150 g/mol. The summed E-state index contributed by atoms with van der Waals surface area (Å²) in [6.45, 7) is 33.5. The van der Waals surface area contributed by atoms with Crippen molar-refractivity contribution in [2.45, 2.75) is 130 Å². The molecule has 0 atom stereocenters. The predicted molar refractivity (Wildman–Crippen MR) is 325 cm³/mol. The Hall–Kier alpha value is -3.65. The minimum atomic E-state index is -0.277. The summed E-state index contributed by atoms with van der Waals surface area (Å²) in [7, 11) is 3.53. The van der Waals surface area contributed by atoms with Gasteiger partial charge in [-0.1, -0.05) is 152 Å². The van der Waals surface area contributed by atoms with Gasteiger partial charge in [0.2, 0.25) is 0 Å². The topological polar surface area (TPSA) is 164 Å². The smallest absolute Gasteiger partial charge is 0.859 e. The van der Waals surface area contributed by atoms with E-state index in [9.17, 15) is 10.2 Å². The first-order valence-corrected chi connectivity index (χ1v) is 28.2. The van der Waals surface area contributed by atoms with Crippen LogP contribution in [0, 0.1) is 0 Å². The summed E-state index contributed by atoms with van der Waals surface area (Å²) in [4.78, 5) is 17.8. The van der Waals surface area contributed by atoms with Crippen molar-refractivity contribution >= 4 is 45.0 Å². The van der Waals surface area contributed by atoms with Crippen molar-refractivity contribution in [1.29, 1.82) is 0 Å². The molecule has 0 aliphatic carbocycles. The second-order valence-corrected chi connectivity index (χ2v) is 20.3. The number of hydrogen-bond acceptors (Lipinski definition) is 8. The Labute approximate surface area is 532 Å². The number of likely N-dealkylation sites (N-methyl/N-ethyl adjacent to an activating group) is 2. The van der Waals surface area contributed by atoms with Crippen LogP contribution >= 0.6 is 0 Å². The van der Waals surface area contributed by atoms with Crippen molar-refractivity contribution in [3.8, 4) is 0 Å². The standard InChI is InChI=1S/2C21H23N2O.2C4H8N.4C4H8O.2Y/c2*1-13(2)16-9-7-10-17(14(3)4)20(16)23-21(24)19-12-15-8-5-6-11-18(15)22-19;2*1-3-4-5-2;4*1-2-4-5-3-1;;/h2*5-14H,1-4H3,(H-,22,23,24);2*3H,1,4H2,2H3;4*1-4H2;;/q4*-1;;;;;2*+3/p-2. The Morgan fingerprint density at radius 3 is 0.912 bits per heavy atom. The van der Waals surface area contributed by atoms with Gasteiger partial charge in [-0.3, -0.25) is 9.98 Å². The number of aliphatic imine (C=N–C) groups is 2. The fourth-order valence-electron chi connectivity index (χ4n) is 8.16. The summed E-state index contributed by atoms with van der Waals surface area (Å²) in [6, 6.07) is 31.4. The van der Waals surface area contributed by atoms with E-state index in [0.29, 0.717) is 35.1 Å². The van der Waals surface area contributed by atoms with Crippen LogP contribution in [0.4, 0.5) is 11.4 Å². The maximum atomic E-state index is 12.7. The number of aromatic nitrogens is 2. The van der Waals surface area contributed by atoms with Crippen molar-refractivity contribution in [3.05, 3.63) is 167 Å². The molecule has 12 nitrogen and oxygen atoms in total. The third kappa shape index (κ3) is 28.6. The molecule has 0 unspecified atom stereocenters. The molecule has 2 aromatic heterocycles. The monoisotopic (exact) mass is 1240 g/mol. The Kier molecular flexibility index (Phi) is 41.7. The number of nitrogens with zero attached hydrogens (tertiary/aromatic N) is 6. The van der Waals surface area contributed by atoms with Crippen LogP contribution in [0.15, 0.2) is 132 Å². The van der Waals surface area contributed by atoms with Gasteiger partial charge in [-0.15, -0.1) is 60.8 Å². The molecule has 428 valence electrons. The van der Waals surface area contributed by atoms with Crippen LogP contribution < -0.4 is 20.2 Å². The maximum absolute atomic E-state index is 12.7. The average Bonchev–Trinajstić information content (AvgIpc) is 4.30. The van der Waals surface area contributed by atoms with Gasteiger partial charge in [0, 0.05) is 52.9 Å². The SMILES string of the molecule is C1CCOC1.C1CCOC1.C1CCOC1.C1CCOC1.C=CC[N-]C.C=CC[N-]C.CC(C)c1cccc(C(C)C)c1N=C([O-])c1cc2ccccc2[n-]1.CC(C)c1cccc(C(C)C)c1N=C([O-])c1cc2ccccc2[n-]1.[Y+3].[Y+3]. The molecule has 6 aromatic rings. The number of benzene rings is 4. The van der Waals surface area contributed by atoms with E-state index in [4.69, 9.17) is 18.9 Å². The van der Waals surface area contributed by atoms with Gasteiger partial charge < -0.3 is 49.8 Å². The van der Waals surface area contributed by atoms with Crippen LogP contribution in [-0.4, -0.2) is 91.8 Å². The van der Waals surface area contributed by atoms with E-state index < -0.39 is 0 Å². The first kappa shape index (κ1) is 74.4. The second kappa shape index (κ2) is 44.9. The van der Waals surface area contributed by atoms with Crippen molar-refractivity contribution in [1.82, 2.24) is 9.97 Å². The van der Waals surface area contributed by atoms with Crippen molar-refractivity contribution in [3.63, 3.8) is 0 Å². The van der Waals surface area contributed by atoms with Crippen LogP contribution in [0.3, 0.4) is 0 Å². The zero-order valence-electron chi connectivity index (χ0n) is 50.1. The summed E-state index contributed by atoms with van der Waals surface area (Å²) < 4.78 is 19.8. The molecule has 4 aliphatic heterocycles. The molecule has 0 radical (unpaired) electrons. The van der Waals surface area contributed by atoms with Crippen LogP contribution in [0.1, 0.15) is 164 Å². The summed E-state index contributed by atoms with van der Waals surface area (Å²) in [6.07, 6.45) is 13.8. The number of ether oxygens (including phenoxy) is 4. The van der Waals surface area contributed by atoms with Gasteiger partial charge >= 0.3 is 65.4 Å². The van der Waals surface area contributed by atoms with E-state index in [1.54, 1.807) is 26.2 Å². The molecule has 0 saturated carbocycles. The third-order valence-corrected chi connectivity index (χ3v) is 12.4. The maximum Gasteiger partial charge on any atom is 3.00 e. The Balaban J connectivity index is 0.000000521. The Morgan fingerprint density at radius 1 is 0.463 bits per heavy atom. The zero-order chi connectivity index (χ0) is 56.9. The molecule has 0 bridgehead atoms. The molecule has 0 N–H and O–H groups in total. The minimum absolute atomic E-state index is 0. The van der Waals surface area contributed by atoms with Gasteiger partial charge in [0.25, 0.3) is 0 Å². The molecular formula is C66H92N6O6Y2. The fraction of sp³-hybridized carbons (Fsp3) is 0.485. The molecule has 80 heavy (non-hydrogen) atoms. The molecule has 4 fully saturated rings. The van der Waals surface area contributed by atoms with E-state index in [-0.39, 0.29) is 77.2 Å². The third-order valence-electron chi connectivity index (χ3n) is 12.4. The van der Waals surface area contributed by atoms with Crippen LogP contribution in [0.2, 0.25) is 0 Å². The van der Waals surface area contributed by atoms with Gasteiger partial charge in [0.15, 0.2) is 0 Å². The molecule has 10 rings (SSSR count). The fourth-order valence-corrected chi connectivity index (χ4v) is 8.16. The molecule has 6 heterocycles. The first-order valence-electron chi connectivity index (χ1n) is 28.2. The van der Waals surface area contributed by atoms with E-state index in [2.05, 4.69) is 123 Å². The van der Waals surface area contributed by atoms with Crippen LogP contribution in [-0.2, 0) is 84.4 Å². The normalized spacial score (nSPS) is 14.4. The number of rotatable bonds is 12. The second-order valence-electron chi connectivity index (χ2n) is 20.3. The molecule has 14 heteroatoms. The number of hydrogen-bond donors (Lipinski definition) is 0. The summed E-state index contributed by atoms with van der Waals surface area (Å²) in [5.41, 5.74) is 8.50. The molecule has 4 aliphatic rings. The predicted octanol–water partition coefficient (Wildman–Crippen LogP) is 14.5. The van der Waals surface area contributed by atoms with Gasteiger partial charge in [-0.25, -0.2) is 0 Å². The average molecular weight is 1240 g/mol. The van der Waals surface area contributed by atoms with E-state index in [0.717, 1.165) is 121 Å². The van der Waals surface area contributed by atoms with Gasteiger partial charge in [-0.05, 0) is 120 Å². The van der Waals surface area contributed by atoms with Gasteiger partial charge in [0.1, 0.15) is 0 Å². The molecule has 4 aromatic carbocycles. The van der Waals surface area contributed by atoms with E-state index in [1.165, 1.54) is 51.4 Å². The molecule has 4 saturated heterocycles. The summed E-state index contributed by atoms with van der Waals surface area (Å²) in [5.74, 6) is 0.676. The van der Waals surface area contributed by atoms with Crippen LogP contribution in [0.5, 0.6) is 0 Å². The van der Waals surface area contributed by atoms with Gasteiger partial charge in [-0.2, -0.15) is 14.1 Å². The van der Waals surface area contributed by atoms with Crippen molar-refractivity contribution < 1.29 is 94.6 Å². The summed E-state index contributed by atoms with van der Waals surface area (Å²) >= 11 is 0. The Morgan fingerprint density at radius 2 is 0.725 bits per heavy atom. The van der Waals surface area contributed by atoms with Crippen LogP contribution in [0.25, 0.3) is 32.4 Å². The zero-order valence-corrected chi connectivity index (χ0v) is 55.8. The Bertz CT molecular complexity index is 2280. The largest absolute Gasteiger partial charge is 3.00 e. The van der Waals surface area contributed by atoms with Crippen molar-refractivity contribution in [2.24, 2.45) is 9.98 Å².